The van der Waals surface area contributed by atoms with Crippen molar-refractivity contribution in [1.82, 2.24) is 20.7 Å². The van der Waals surface area contributed by atoms with E-state index in [1.807, 2.05) is 7.05 Å². The number of H-pyrrole nitrogens is 1. The van der Waals surface area contributed by atoms with E-state index in [0.29, 0.717) is 0 Å². The van der Waals surface area contributed by atoms with Gasteiger partial charge in [-0.3, -0.25) is 0 Å². The molecule has 4 nitrogen and oxygen atoms in total. The van der Waals surface area contributed by atoms with E-state index in [4.69, 9.17) is 0 Å². The van der Waals surface area contributed by atoms with Crippen LogP contribution in [-0.2, 0) is 0 Å². The van der Waals surface area contributed by atoms with Crippen molar-refractivity contribution < 1.29 is 0 Å². The van der Waals surface area contributed by atoms with Crippen LogP contribution in [0.3, 0.4) is 0 Å². The minimum Gasteiger partial charge on any atom is -0.311 e. The number of nitrogens with zero attached hydrogens (tertiary/aromatic N) is 2. The van der Waals surface area contributed by atoms with Crippen LogP contribution < -0.4 is 5.32 Å². The van der Waals surface area contributed by atoms with E-state index in [0.717, 1.165) is 18.5 Å². The Labute approximate surface area is 78.4 Å². The van der Waals surface area contributed by atoms with Crippen molar-refractivity contribution in [3.05, 3.63) is 24.0 Å². The molecule has 0 aliphatic rings. The monoisotopic (exact) mass is 180 g/mol. The minimum atomic E-state index is 0.228. The molecule has 0 fully saturated rings. The molecule has 1 rings (SSSR count). The van der Waals surface area contributed by atoms with E-state index in [1.165, 1.54) is 5.57 Å². The highest BCUT2D eigenvalue weighted by Crippen LogP contribution is 2.18. The lowest BCUT2D eigenvalue weighted by atomic mass is 10.0. The van der Waals surface area contributed by atoms with Gasteiger partial charge in [0, 0.05) is 0 Å². The third-order valence-electron chi connectivity index (χ3n) is 2.13. The largest absolute Gasteiger partial charge is 0.311 e. The van der Waals surface area contributed by atoms with Crippen molar-refractivity contribution in [2.24, 2.45) is 0 Å². The first kappa shape index (κ1) is 9.92. The van der Waals surface area contributed by atoms with Crippen molar-refractivity contribution in [3.63, 3.8) is 0 Å². The van der Waals surface area contributed by atoms with Crippen LogP contribution in [0, 0.1) is 0 Å². The zero-order chi connectivity index (χ0) is 9.68. The van der Waals surface area contributed by atoms with E-state index < -0.39 is 0 Å². The fourth-order valence-corrected chi connectivity index (χ4v) is 1.17. The Kier molecular flexibility index (Phi) is 3.64. The molecule has 0 aromatic carbocycles. The van der Waals surface area contributed by atoms with Crippen LogP contribution in [0.2, 0.25) is 0 Å². The quantitative estimate of drug-likeness (QED) is 0.674. The summed E-state index contributed by atoms with van der Waals surface area (Å²) in [6.45, 7) is 6.08. The van der Waals surface area contributed by atoms with Crippen molar-refractivity contribution in [2.45, 2.75) is 25.8 Å². The Morgan fingerprint density at radius 2 is 2.54 bits per heavy atom. The van der Waals surface area contributed by atoms with Gasteiger partial charge in [0.15, 0.2) is 0 Å². The molecule has 13 heavy (non-hydrogen) atoms. The van der Waals surface area contributed by atoms with Crippen molar-refractivity contribution in [2.75, 3.05) is 7.05 Å². The standard InChI is InChI=1S/C9H16N4/c1-4-7(2)5-8(10-3)9-6-11-13-12-9/h6,8,10H,2,4-5H2,1,3H3,(H,11,12,13). The van der Waals surface area contributed by atoms with Gasteiger partial charge in [0.25, 0.3) is 0 Å². The van der Waals surface area contributed by atoms with Gasteiger partial charge in [-0.2, -0.15) is 15.4 Å². The SMILES string of the molecule is C=C(CC)CC(NC)c1cn[nH]n1. The summed E-state index contributed by atoms with van der Waals surface area (Å²) >= 11 is 0. The topological polar surface area (TPSA) is 53.6 Å². The van der Waals surface area contributed by atoms with Crippen molar-refractivity contribution in [1.29, 1.82) is 0 Å². The maximum Gasteiger partial charge on any atom is 0.0997 e. The second kappa shape index (κ2) is 4.77. The Bertz CT molecular complexity index is 253. The van der Waals surface area contributed by atoms with Crippen LogP contribution in [-0.4, -0.2) is 22.5 Å². The second-order valence-corrected chi connectivity index (χ2v) is 3.04. The number of hydrogen-bond donors (Lipinski definition) is 2. The summed E-state index contributed by atoms with van der Waals surface area (Å²) in [5.74, 6) is 0. The Morgan fingerprint density at radius 1 is 1.77 bits per heavy atom. The number of aromatic amines is 1. The molecule has 0 aliphatic heterocycles. The van der Waals surface area contributed by atoms with E-state index in [-0.39, 0.29) is 6.04 Å². The molecule has 0 spiro atoms. The lowest BCUT2D eigenvalue weighted by Gasteiger charge is -2.13. The van der Waals surface area contributed by atoms with E-state index >= 15 is 0 Å². The highest BCUT2D eigenvalue weighted by molar-refractivity contribution is 5.06. The maximum atomic E-state index is 4.04. The Hall–Kier alpha value is -1.16. The zero-order valence-corrected chi connectivity index (χ0v) is 8.17. The molecule has 4 heteroatoms. The molecule has 0 saturated carbocycles. The van der Waals surface area contributed by atoms with Crippen LogP contribution in [0.25, 0.3) is 0 Å². The van der Waals surface area contributed by atoms with Crippen molar-refractivity contribution >= 4 is 0 Å². The Balaban J connectivity index is 2.58. The fraction of sp³-hybridized carbons (Fsp3) is 0.556. The molecular formula is C9H16N4. The van der Waals surface area contributed by atoms with Gasteiger partial charge in [0.1, 0.15) is 0 Å². The number of rotatable bonds is 5. The third kappa shape index (κ3) is 2.66. The van der Waals surface area contributed by atoms with Crippen LogP contribution in [0.15, 0.2) is 18.3 Å². The van der Waals surface area contributed by atoms with Gasteiger partial charge in [-0.15, -0.1) is 0 Å². The summed E-state index contributed by atoms with van der Waals surface area (Å²) in [5, 5.41) is 13.6. The number of nitrogens with one attached hydrogen (secondary N) is 2. The zero-order valence-electron chi connectivity index (χ0n) is 8.17. The molecule has 1 aromatic heterocycles. The first-order valence-electron chi connectivity index (χ1n) is 4.47. The minimum absolute atomic E-state index is 0.228. The summed E-state index contributed by atoms with van der Waals surface area (Å²) in [5.41, 5.74) is 2.17. The first-order chi connectivity index (χ1) is 6.27. The van der Waals surface area contributed by atoms with Gasteiger partial charge in [-0.25, -0.2) is 0 Å². The molecule has 0 aliphatic carbocycles. The molecule has 2 N–H and O–H groups in total. The van der Waals surface area contributed by atoms with Gasteiger partial charge in [0.05, 0.1) is 17.9 Å². The molecule has 0 bridgehead atoms. The van der Waals surface area contributed by atoms with E-state index in [1.54, 1.807) is 6.20 Å². The average Bonchev–Trinajstić information content (AvgIpc) is 2.66. The smallest absolute Gasteiger partial charge is 0.0997 e. The molecule has 1 aromatic rings. The Morgan fingerprint density at radius 3 is 3.00 bits per heavy atom. The lowest BCUT2D eigenvalue weighted by molar-refractivity contribution is 0.566. The molecule has 1 unspecified atom stereocenters. The van der Waals surface area contributed by atoms with Gasteiger partial charge in [-0.05, 0) is 19.9 Å². The highest BCUT2D eigenvalue weighted by Gasteiger charge is 2.12. The van der Waals surface area contributed by atoms with Gasteiger partial charge in [-0.1, -0.05) is 19.1 Å². The molecule has 0 radical (unpaired) electrons. The molecule has 1 atom stereocenters. The molecule has 1 heterocycles. The maximum absolute atomic E-state index is 4.04. The fourth-order valence-electron chi connectivity index (χ4n) is 1.17. The summed E-state index contributed by atoms with van der Waals surface area (Å²) < 4.78 is 0. The molecule has 0 saturated heterocycles. The summed E-state index contributed by atoms with van der Waals surface area (Å²) in [6, 6.07) is 0.228. The van der Waals surface area contributed by atoms with E-state index in [9.17, 15) is 0 Å². The average molecular weight is 180 g/mol. The van der Waals surface area contributed by atoms with Crippen LogP contribution in [0.1, 0.15) is 31.5 Å². The highest BCUT2D eigenvalue weighted by atomic mass is 15.3. The van der Waals surface area contributed by atoms with Crippen LogP contribution in [0.4, 0.5) is 0 Å². The normalized spacial score (nSPS) is 12.8. The molecule has 0 amide bonds. The van der Waals surface area contributed by atoms with Crippen LogP contribution in [0.5, 0.6) is 0 Å². The lowest BCUT2D eigenvalue weighted by Crippen LogP contribution is -2.17. The summed E-state index contributed by atoms with van der Waals surface area (Å²) in [4.78, 5) is 0. The third-order valence-corrected chi connectivity index (χ3v) is 2.13. The molecular weight excluding hydrogens is 164 g/mol. The van der Waals surface area contributed by atoms with Gasteiger partial charge < -0.3 is 5.32 Å². The predicted molar refractivity (Wildman–Crippen MR) is 52.2 cm³/mol. The van der Waals surface area contributed by atoms with Crippen molar-refractivity contribution in [3.8, 4) is 0 Å². The first-order valence-corrected chi connectivity index (χ1v) is 4.47. The van der Waals surface area contributed by atoms with Gasteiger partial charge >= 0.3 is 0 Å². The second-order valence-electron chi connectivity index (χ2n) is 3.04. The summed E-state index contributed by atoms with van der Waals surface area (Å²) in [6.07, 6.45) is 3.67. The number of aromatic nitrogens is 3. The number of hydrogen-bond acceptors (Lipinski definition) is 3. The predicted octanol–water partition coefficient (Wildman–Crippen LogP) is 1.42. The van der Waals surface area contributed by atoms with E-state index in [2.05, 4.69) is 34.2 Å². The molecule has 72 valence electrons. The van der Waals surface area contributed by atoms with Gasteiger partial charge in [0.2, 0.25) is 0 Å². The summed E-state index contributed by atoms with van der Waals surface area (Å²) in [7, 11) is 1.92. The van der Waals surface area contributed by atoms with Crippen LogP contribution >= 0.6 is 0 Å².